The Bertz CT molecular complexity index is 1730. The highest BCUT2D eigenvalue weighted by Gasteiger charge is 2.12. The molecule has 1 unspecified atom stereocenters. The summed E-state index contributed by atoms with van der Waals surface area (Å²) >= 11 is 0. The first-order chi connectivity index (χ1) is 20.0. The van der Waals surface area contributed by atoms with E-state index in [-0.39, 0.29) is 27.9 Å². The first-order valence-corrected chi connectivity index (χ1v) is 15.3. The Morgan fingerprint density at radius 1 is 1.05 bits per heavy atom. The Morgan fingerprint density at radius 3 is 2.50 bits per heavy atom. The molecular formula is C33H37FN6OS. The van der Waals surface area contributed by atoms with Gasteiger partial charge in [0, 0.05) is 59.5 Å². The maximum atomic E-state index is 14.2. The number of hydrogen-bond donors (Lipinski definition) is 1. The van der Waals surface area contributed by atoms with Gasteiger partial charge >= 0.3 is 0 Å². The minimum atomic E-state index is -0.248. The number of anilines is 1. The van der Waals surface area contributed by atoms with E-state index in [4.69, 9.17) is 0 Å². The highest BCUT2D eigenvalue weighted by atomic mass is 32.2. The highest BCUT2D eigenvalue weighted by Crippen LogP contribution is 2.35. The van der Waals surface area contributed by atoms with E-state index in [1.807, 2.05) is 38.1 Å². The zero-order valence-corrected chi connectivity index (χ0v) is 26.0. The van der Waals surface area contributed by atoms with Crippen LogP contribution in [0.15, 0.2) is 86.7 Å². The minimum absolute atomic E-state index is 0.115. The van der Waals surface area contributed by atoms with Gasteiger partial charge < -0.3 is 9.88 Å². The number of amidine groups is 1. The second kappa shape index (κ2) is 13.6. The van der Waals surface area contributed by atoms with Crippen LogP contribution >= 0.6 is 10.5 Å². The smallest absolute Gasteiger partial charge is 0.250 e. The fourth-order valence-electron chi connectivity index (χ4n) is 4.33. The van der Waals surface area contributed by atoms with Crippen molar-refractivity contribution in [2.45, 2.75) is 45.6 Å². The highest BCUT2D eigenvalue weighted by molar-refractivity contribution is 8.15. The summed E-state index contributed by atoms with van der Waals surface area (Å²) in [5, 5.41) is 3.60. The number of rotatable bonds is 6. The Morgan fingerprint density at radius 2 is 1.79 bits per heavy atom. The van der Waals surface area contributed by atoms with Crippen molar-refractivity contribution in [3.8, 4) is 11.3 Å². The predicted molar refractivity (Wildman–Crippen MR) is 176 cm³/mol. The van der Waals surface area contributed by atoms with Crippen molar-refractivity contribution in [1.29, 1.82) is 0 Å². The van der Waals surface area contributed by atoms with Gasteiger partial charge in [-0.15, -0.1) is 0 Å². The number of allylic oxidation sites excluding steroid dienone is 1. The van der Waals surface area contributed by atoms with Crippen molar-refractivity contribution in [3.05, 3.63) is 100 Å². The molecule has 0 spiro atoms. The lowest BCUT2D eigenvalue weighted by Crippen LogP contribution is -2.15. The number of aromatic nitrogens is 3. The molecule has 7 nitrogen and oxygen atoms in total. The van der Waals surface area contributed by atoms with E-state index in [9.17, 15) is 9.18 Å². The molecule has 3 aromatic rings. The van der Waals surface area contributed by atoms with Gasteiger partial charge in [-0.1, -0.05) is 29.8 Å². The normalized spacial score (nSPS) is 14.2. The van der Waals surface area contributed by atoms with Crippen LogP contribution in [-0.2, 0) is 7.05 Å². The minimum Gasteiger partial charge on any atom is -0.378 e. The van der Waals surface area contributed by atoms with Gasteiger partial charge in [-0.25, -0.2) is 19.4 Å². The SMILES string of the molecule is CC1=NCC=C(c2ncc(-c3ccc([C@@H](C)Nc4ccc(F)cc4S(C)=C(C)C)cc(C)ccc(=O)n3C)cn2)C=N1. The molecule has 0 radical (unpaired) electrons. The van der Waals surface area contributed by atoms with E-state index < -0.39 is 0 Å². The number of hydrogen-bond acceptors (Lipinski definition) is 6. The number of nitrogens with one attached hydrogen (secondary N) is 1. The van der Waals surface area contributed by atoms with E-state index in [0.29, 0.717) is 29.5 Å². The van der Waals surface area contributed by atoms with Gasteiger partial charge in [0.2, 0.25) is 0 Å². The van der Waals surface area contributed by atoms with Crippen LogP contribution in [0.3, 0.4) is 0 Å². The monoisotopic (exact) mass is 584 g/mol. The van der Waals surface area contributed by atoms with Crippen LogP contribution in [0.5, 0.6) is 0 Å². The topological polar surface area (TPSA) is 84.5 Å². The van der Waals surface area contributed by atoms with E-state index in [1.165, 1.54) is 10.9 Å². The Labute approximate surface area is 249 Å². The number of benzene rings is 1. The lowest BCUT2D eigenvalue weighted by atomic mass is 10.1. The molecule has 9 heteroatoms. The largest absolute Gasteiger partial charge is 0.378 e. The average molecular weight is 585 g/mol. The number of aryl methyl sites for hydroxylation is 1. The van der Waals surface area contributed by atoms with Crippen LogP contribution < -0.4 is 10.9 Å². The molecule has 0 saturated heterocycles. The summed E-state index contributed by atoms with van der Waals surface area (Å²) < 4.78 is 15.8. The summed E-state index contributed by atoms with van der Waals surface area (Å²) in [4.78, 5) is 33.0. The maximum Gasteiger partial charge on any atom is 0.250 e. The van der Waals surface area contributed by atoms with Gasteiger partial charge in [-0.05, 0) is 75.6 Å². The van der Waals surface area contributed by atoms with Crippen molar-refractivity contribution < 1.29 is 4.39 Å². The fourth-order valence-corrected chi connectivity index (χ4v) is 5.52. The van der Waals surface area contributed by atoms with Crippen LogP contribution in [0.4, 0.5) is 10.1 Å². The van der Waals surface area contributed by atoms with E-state index >= 15 is 0 Å². The van der Waals surface area contributed by atoms with Crippen molar-refractivity contribution in [1.82, 2.24) is 14.5 Å². The molecule has 0 aliphatic carbocycles. The summed E-state index contributed by atoms with van der Waals surface area (Å²) in [5.41, 5.74) is 4.81. The summed E-state index contributed by atoms with van der Waals surface area (Å²) in [7, 11) is 1.52. The van der Waals surface area contributed by atoms with Crippen LogP contribution in [-0.4, -0.2) is 44.3 Å². The Kier molecular flexibility index (Phi) is 9.96. The molecule has 1 aromatic carbocycles. The van der Waals surface area contributed by atoms with Gasteiger partial charge in [-0.3, -0.25) is 9.79 Å². The molecule has 3 heterocycles. The van der Waals surface area contributed by atoms with Crippen molar-refractivity contribution in [2.75, 3.05) is 18.1 Å². The molecule has 1 N–H and O–H groups in total. The van der Waals surface area contributed by atoms with Crippen molar-refractivity contribution in [2.24, 2.45) is 17.0 Å². The van der Waals surface area contributed by atoms with Gasteiger partial charge in [0.15, 0.2) is 5.82 Å². The van der Waals surface area contributed by atoms with Gasteiger partial charge in [0.05, 0.1) is 12.2 Å². The molecule has 0 amide bonds. The predicted octanol–water partition coefficient (Wildman–Crippen LogP) is 6.94. The second-order valence-corrected chi connectivity index (χ2v) is 12.6. The van der Waals surface area contributed by atoms with E-state index in [0.717, 1.165) is 27.3 Å². The quantitative estimate of drug-likeness (QED) is 0.318. The molecule has 218 valence electrons. The van der Waals surface area contributed by atoms with Gasteiger partial charge in [0.1, 0.15) is 11.7 Å². The summed E-state index contributed by atoms with van der Waals surface area (Å²) in [6.45, 7) is 10.5. The third-order valence-electron chi connectivity index (χ3n) is 6.99. The summed E-state index contributed by atoms with van der Waals surface area (Å²) in [6, 6.07) is 14.1. The third-order valence-corrected chi connectivity index (χ3v) is 9.22. The first kappa shape index (κ1) is 30.7. The van der Waals surface area contributed by atoms with Crippen LogP contribution in [0, 0.1) is 12.7 Å². The molecule has 4 rings (SSSR count). The number of halogens is 1. The molecule has 1 aliphatic rings. The molecule has 2 atom stereocenters. The first-order valence-electron chi connectivity index (χ1n) is 13.7. The zero-order chi connectivity index (χ0) is 30.4. The van der Waals surface area contributed by atoms with Crippen LogP contribution in [0.1, 0.15) is 50.7 Å². The Hall–Kier alpha value is -4.24. The average Bonchev–Trinajstić information content (AvgIpc) is 3.19. The standard InChI is InChI=1S/C33H37FN6OS/c1-21(2)42(7)31-17-28(34)10-11-29(31)39-23(4)25-9-12-30(40(6)32(41)13-8-22(3)16-25)27-19-37-33(38-20-27)26-14-15-35-24(5)36-18-26/h8-14,16-20,23,39H,15H2,1-7H3/t23-,42?/m1/s1. The molecule has 0 saturated carbocycles. The second-order valence-electron chi connectivity index (χ2n) is 10.4. The van der Waals surface area contributed by atoms with Crippen molar-refractivity contribution >= 4 is 38.7 Å². The fraction of sp³-hybridized carbons (Fsp3) is 0.273. The molecule has 0 bridgehead atoms. The zero-order valence-electron chi connectivity index (χ0n) is 25.1. The summed E-state index contributed by atoms with van der Waals surface area (Å²) in [6.07, 6.45) is 9.20. The molecular weight excluding hydrogens is 547 g/mol. The van der Waals surface area contributed by atoms with Gasteiger partial charge in [-0.2, -0.15) is 10.5 Å². The maximum absolute atomic E-state index is 14.2. The summed E-state index contributed by atoms with van der Waals surface area (Å²) in [5.74, 6) is 0.999. The lowest BCUT2D eigenvalue weighted by molar-refractivity contribution is 0.624. The molecule has 1 aliphatic heterocycles. The van der Waals surface area contributed by atoms with Gasteiger partial charge in [0.25, 0.3) is 5.56 Å². The van der Waals surface area contributed by atoms with Crippen LogP contribution in [0.2, 0.25) is 0 Å². The molecule has 0 fully saturated rings. The number of nitrogens with zero attached hydrogens (tertiary/aromatic N) is 5. The molecule has 2 aromatic heterocycles. The third kappa shape index (κ3) is 7.53. The van der Waals surface area contributed by atoms with E-state index in [1.54, 1.807) is 48.4 Å². The lowest BCUT2D eigenvalue weighted by Gasteiger charge is -2.20. The number of aliphatic imine (C=N–C) groups is 2. The van der Waals surface area contributed by atoms with Crippen molar-refractivity contribution in [3.63, 3.8) is 0 Å². The molecule has 42 heavy (non-hydrogen) atoms. The van der Waals surface area contributed by atoms with Crippen LogP contribution in [0.25, 0.3) is 16.8 Å². The van der Waals surface area contributed by atoms with E-state index in [2.05, 4.69) is 58.4 Å². The Balaban J connectivity index is 1.77.